The molecule has 2 fully saturated rings. The Morgan fingerprint density at radius 1 is 1.44 bits per heavy atom. The maximum absolute atomic E-state index is 5.79. The van der Waals surface area contributed by atoms with Crippen LogP contribution in [-0.2, 0) is 0 Å². The van der Waals surface area contributed by atoms with E-state index in [-0.39, 0.29) is 6.04 Å². The Morgan fingerprint density at radius 2 is 2.33 bits per heavy atom. The molecule has 2 aliphatic rings. The number of pyridine rings is 1. The molecule has 1 aromatic rings. The quantitative estimate of drug-likeness (QED) is 0.631. The zero-order valence-electron chi connectivity index (χ0n) is 10.8. The summed E-state index contributed by atoms with van der Waals surface area (Å²) in [5.74, 6) is 8.96. The molecule has 2 aliphatic carbocycles. The highest BCUT2D eigenvalue weighted by molar-refractivity contribution is 5.30. The normalized spacial score (nSPS) is 31.6. The Bertz CT molecular complexity index is 423. The van der Waals surface area contributed by atoms with Crippen molar-refractivity contribution >= 4 is 0 Å². The summed E-state index contributed by atoms with van der Waals surface area (Å²) >= 11 is 0. The first-order valence-electron chi connectivity index (χ1n) is 6.78. The molecule has 18 heavy (non-hydrogen) atoms. The number of methoxy groups -OCH3 is 1. The van der Waals surface area contributed by atoms with Gasteiger partial charge in [-0.1, -0.05) is 6.42 Å². The molecule has 98 valence electrons. The molecule has 0 amide bonds. The zero-order valence-corrected chi connectivity index (χ0v) is 10.8. The number of nitrogens with two attached hydrogens (primary N) is 1. The summed E-state index contributed by atoms with van der Waals surface area (Å²) in [5, 5.41) is 0. The molecule has 0 spiro atoms. The monoisotopic (exact) mass is 247 g/mol. The summed E-state index contributed by atoms with van der Waals surface area (Å²) in [7, 11) is 1.69. The van der Waals surface area contributed by atoms with Crippen LogP contribution in [0.15, 0.2) is 18.3 Å². The van der Waals surface area contributed by atoms with E-state index in [1.54, 1.807) is 7.11 Å². The average Bonchev–Trinajstić information content (AvgIpc) is 3.03. The second-order valence-electron chi connectivity index (χ2n) is 5.57. The minimum atomic E-state index is 0.122. The predicted molar refractivity (Wildman–Crippen MR) is 69.8 cm³/mol. The third kappa shape index (κ3) is 1.89. The molecule has 3 N–H and O–H groups in total. The summed E-state index contributed by atoms with van der Waals surface area (Å²) in [6.07, 6.45) is 7.22. The van der Waals surface area contributed by atoms with Gasteiger partial charge in [-0.3, -0.25) is 16.3 Å². The van der Waals surface area contributed by atoms with E-state index in [0.29, 0.717) is 5.92 Å². The van der Waals surface area contributed by atoms with E-state index in [1.807, 2.05) is 18.3 Å². The van der Waals surface area contributed by atoms with Crippen molar-refractivity contribution in [3.05, 3.63) is 24.0 Å². The Morgan fingerprint density at radius 3 is 2.94 bits per heavy atom. The minimum absolute atomic E-state index is 0.122. The lowest BCUT2D eigenvalue weighted by atomic mass is 9.82. The molecule has 1 heterocycles. The van der Waals surface area contributed by atoms with Crippen LogP contribution in [0.4, 0.5) is 0 Å². The van der Waals surface area contributed by atoms with Crippen molar-refractivity contribution in [3.8, 4) is 5.75 Å². The first-order chi connectivity index (χ1) is 8.83. The van der Waals surface area contributed by atoms with Crippen molar-refractivity contribution in [2.75, 3.05) is 7.11 Å². The van der Waals surface area contributed by atoms with Gasteiger partial charge in [0.25, 0.3) is 0 Å². The Labute approximate surface area is 108 Å². The molecule has 0 radical (unpaired) electrons. The number of nitrogens with zero attached hydrogens (tertiary/aromatic N) is 1. The third-order valence-corrected chi connectivity index (χ3v) is 4.71. The summed E-state index contributed by atoms with van der Waals surface area (Å²) in [6, 6.07) is 3.98. The minimum Gasteiger partial charge on any atom is -0.495 e. The summed E-state index contributed by atoms with van der Waals surface area (Å²) in [4.78, 5) is 4.48. The third-order valence-electron chi connectivity index (χ3n) is 4.71. The van der Waals surface area contributed by atoms with Crippen LogP contribution in [0.2, 0.25) is 0 Å². The molecule has 0 aromatic carbocycles. The van der Waals surface area contributed by atoms with Crippen LogP contribution < -0.4 is 16.0 Å². The van der Waals surface area contributed by atoms with E-state index < -0.39 is 0 Å². The maximum atomic E-state index is 5.79. The first-order valence-corrected chi connectivity index (χ1v) is 6.78. The smallest absolute Gasteiger partial charge is 0.142 e. The average molecular weight is 247 g/mol. The van der Waals surface area contributed by atoms with E-state index >= 15 is 0 Å². The summed E-state index contributed by atoms with van der Waals surface area (Å²) in [5.41, 5.74) is 3.94. The van der Waals surface area contributed by atoms with E-state index in [0.717, 1.165) is 23.3 Å². The number of fused-ring (bicyclic) bond motifs is 2. The van der Waals surface area contributed by atoms with Crippen molar-refractivity contribution in [1.82, 2.24) is 10.4 Å². The van der Waals surface area contributed by atoms with Gasteiger partial charge in [-0.15, -0.1) is 0 Å². The molecule has 4 atom stereocenters. The number of hydrogen-bond donors (Lipinski definition) is 2. The fourth-order valence-corrected chi connectivity index (χ4v) is 3.92. The highest BCUT2D eigenvalue weighted by atomic mass is 16.5. The molecular weight excluding hydrogens is 226 g/mol. The predicted octanol–water partition coefficient (Wildman–Crippen LogP) is 2.03. The number of rotatable bonds is 4. The van der Waals surface area contributed by atoms with Gasteiger partial charge in [0.1, 0.15) is 11.4 Å². The van der Waals surface area contributed by atoms with Crippen LogP contribution in [0.5, 0.6) is 5.75 Å². The van der Waals surface area contributed by atoms with Gasteiger partial charge in [-0.25, -0.2) is 0 Å². The van der Waals surface area contributed by atoms with Gasteiger partial charge in [0.15, 0.2) is 0 Å². The van der Waals surface area contributed by atoms with E-state index in [9.17, 15) is 0 Å². The topological polar surface area (TPSA) is 60.2 Å². The van der Waals surface area contributed by atoms with Crippen LogP contribution >= 0.6 is 0 Å². The zero-order chi connectivity index (χ0) is 12.5. The highest BCUT2D eigenvalue weighted by Gasteiger charge is 2.44. The fraction of sp³-hybridized carbons (Fsp3) is 0.643. The van der Waals surface area contributed by atoms with Gasteiger partial charge in [-0.2, -0.15) is 0 Å². The van der Waals surface area contributed by atoms with Crippen molar-refractivity contribution in [1.29, 1.82) is 0 Å². The van der Waals surface area contributed by atoms with Crippen molar-refractivity contribution in [2.45, 2.75) is 31.7 Å². The van der Waals surface area contributed by atoms with Crippen molar-refractivity contribution in [3.63, 3.8) is 0 Å². The van der Waals surface area contributed by atoms with Gasteiger partial charge in [0.2, 0.25) is 0 Å². The number of aromatic nitrogens is 1. The fourth-order valence-electron chi connectivity index (χ4n) is 3.92. The van der Waals surface area contributed by atoms with Crippen LogP contribution in [-0.4, -0.2) is 12.1 Å². The standard InChI is InChI=1S/C14H21N3O/c1-18-12-3-2-6-16-14(12)13(17-15)11-8-9-4-5-10(11)7-9/h2-3,6,9-11,13,17H,4-5,7-8,15H2,1H3. The van der Waals surface area contributed by atoms with Crippen molar-refractivity contribution in [2.24, 2.45) is 23.6 Å². The Kier molecular flexibility index (Phi) is 3.22. The molecule has 2 saturated carbocycles. The second kappa shape index (κ2) is 4.86. The first kappa shape index (κ1) is 11.9. The Balaban J connectivity index is 1.88. The summed E-state index contributed by atoms with van der Waals surface area (Å²) < 4.78 is 5.41. The number of ether oxygens (including phenoxy) is 1. The lowest BCUT2D eigenvalue weighted by molar-refractivity contribution is 0.243. The van der Waals surface area contributed by atoms with Gasteiger partial charge >= 0.3 is 0 Å². The number of nitrogens with one attached hydrogen (secondary N) is 1. The molecular formula is C14H21N3O. The van der Waals surface area contributed by atoms with Crippen LogP contribution in [0.3, 0.4) is 0 Å². The number of hydrogen-bond acceptors (Lipinski definition) is 4. The van der Waals surface area contributed by atoms with Gasteiger partial charge in [-0.05, 0) is 49.1 Å². The largest absolute Gasteiger partial charge is 0.495 e. The van der Waals surface area contributed by atoms with E-state index in [2.05, 4.69) is 10.4 Å². The van der Waals surface area contributed by atoms with E-state index in [4.69, 9.17) is 10.6 Å². The molecule has 4 heteroatoms. The molecule has 0 aliphatic heterocycles. The maximum Gasteiger partial charge on any atom is 0.142 e. The number of hydrazine groups is 1. The molecule has 0 saturated heterocycles. The molecule has 2 bridgehead atoms. The molecule has 4 nitrogen and oxygen atoms in total. The SMILES string of the molecule is COc1cccnc1C(NN)C1CC2CCC1C2. The summed E-state index contributed by atoms with van der Waals surface area (Å²) in [6.45, 7) is 0. The van der Waals surface area contributed by atoms with Gasteiger partial charge in [0, 0.05) is 6.20 Å². The van der Waals surface area contributed by atoms with E-state index in [1.165, 1.54) is 25.7 Å². The highest BCUT2D eigenvalue weighted by Crippen LogP contribution is 2.52. The van der Waals surface area contributed by atoms with Crippen LogP contribution in [0.25, 0.3) is 0 Å². The van der Waals surface area contributed by atoms with Gasteiger partial charge < -0.3 is 4.74 Å². The van der Waals surface area contributed by atoms with Crippen LogP contribution in [0.1, 0.15) is 37.4 Å². The molecule has 1 aromatic heterocycles. The second-order valence-corrected chi connectivity index (χ2v) is 5.57. The molecule has 4 unspecified atom stereocenters. The lowest BCUT2D eigenvalue weighted by Gasteiger charge is -2.30. The Hall–Kier alpha value is -1.13. The van der Waals surface area contributed by atoms with Crippen molar-refractivity contribution < 1.29 is 4.74 Å². The lowest BCUT2D eigenvalue weighted by Crippen LogP contribution is -2.36. The van der Waals surface area contributed by atoms with Gasteiger partial charge in [0.05, 0.1) is 13.2 Å². The molecule has 3 rings (SSSR count). The van der Waals surface area contributed by atoms with Crippen LogP contribution in [0, 0.1) is 17.8 Å².